The lowest BCUT2D eigenvalue weighted by atomic mass is 9.77. The molecule has 5 rings (SSSR count). The summed E-state index contributed by atoms with van der Waals surface area (Å²) in [6, 6.07) is 30.3. The van der Waals surface area contributed by atoms with Crippen molar-refractivity contribution in [1.82, 2.24) is 4.74 Å². The maximum Gasteiger partial charge on any atom is 0.291 e. The summed E-state index contributed by atoms with van der Waals surface area (Å²) in [6.45, 7) is 4.17. The zero-order valence-corrected chi connectivity index (χ0v) is 18.2. The molecule has 3 aromatic carbocycles. The van der Waals surface area contributed by atoms with Crippen molar-refractivity contribution in [1.29, 1.82) is 0 Å². The smallest absolute Gasteiger partial charge is 0.291 e. The Balaban J connectivity index is 1.98. The van der Waals surface area contributed by atoms with Crippen LogP contribution in [0.3, 0.4) is 0 Å². The van der Waals surface area contributed by atoms with Crippen LogP contribution in [0, 0.1) is 5.41 Å². The highest BCUT2D eigenvalue weighted by Gasteiger charge is 2.42. The van der Waals surface area contributed by atoms with Gasteiger partial charge in [-0.15, -0.1) is 0 Å². The second-order valence-electron chi connectivity index (χ2n) is 8.77. The minimum absolute atomic E-state index is 0.149. The summed E-state index contributed by atoms with van der Waals surface area (Å²) in [5.74, 6) is 0. The molecule has 0 saturated carbocycles. The first-order valence-electron chi connectivity index (χ1n) is 10.8. The lowest BCUT2D eigenvalue weighted by molar-refractivity contribution is 0.192. The molecule has 3 nitrogen and oxygen atoms in total. The molecule has 0 atom stereocenters. The topological polar surface area (TPSA) is 35.1 Å². The minimum atomic E-state index is -0.956. The monoisotopic (exact) mass is 419 g/mol. The predicted molar refractivity (Wildman–Crippen MR) is 129 cm³/mol. The van der Waals surface area contributed by atoms with Crippen molar-refractivity contribution < 1.29 is 4.52 Å². The first kappa shape index (κ1) is 20.1. The fourth-order valence-electron chi connectivity index (χ4n) is 4.57. The van der Waals surface area contributed by atoms with E-state index >= 15 is 0 Å². The molecule has 1 aliphatic carbocycles. The first-order valence-corrected chi connectivity index (χ1v) is 10.8. The Morgan fingerprint density at radius 3 is 1.69 bits per heavy atom. The Hall–Kier alpha value is -3.85. The quantitative estimate of drug-likeness (QED) is 0.459. The molecule has 4 aromatic rings. The van der Waals surface area contributed by atoms with Crippen LogP contribution < -0.4 is 16.2 Å². The van der Waals surface area contributed by atoms with Crippen LogP contribution in [0.2, 0.25) is 0 Å². The Bertz CT molecular complexity index is 1340. The van der Waals surface area contributed by atoms with E-state index in [0.29, 0.717) is 10.6 Å². The SMILES string of the molecule is CC1(C)C=CC=c2on(C(c3ccccc3)(c3ccccc3)c3ccccc3)c(=O)c2=C1. The number of hydrogen-bond acceptors (Lipinski definition) is 2. The second-order valence-corrected chi connectivity index (χ2v) is 8.77. The summed E-state index contributed by atoms with van der Waals surface area (Å²) in [4.78, 5) is 14.0. The van der Waals surface area contributed by atoms with Crippen LogP contribution >= 0.6 is 0 Å². The van der Waals surface area contributed by atoms with Gasteiger partial charge >= 0.3 is 0 Å². The lowest BCUT2D eigenvalue weighted by Gasteiger charge is -2.34. The van der Waals surface area contributed by atoms with Crippen LogP contribution in [0.5, 0.6) is 0 Å². The molecule has 158 valence electrons. The molecule has 0 N–H and O–H groups in total. The Labute approximate surface area is 187 Å². The number of hydrogen-bond donors (Lipinski definition) is 0. The third kappa shape index (κ3) is 3.18. The van der Waals surface area contributed by atoms with Crippen molar-refractivity contribution in [2.24, 2.45) is 5.41 Å². The van der Waals surface area contributed by atoms with E-state index in [9.17, 15) is 4.79 Å². The molecule has 3 heteroatoms. The van der Waals surface area contributed by atoms with Crippen molar-refractivity contribution in [2.75, 3.05) is 0 Å². The third-order valence-electron chi connectivity index (χ3n) is 6.04. The summed E-state index contributed by atoms with van der Waals surface area (Å²) in [5, 5.41) is 0.590. The van der Waals surface area contributed by atoms with Gasteiger partial charge in [-0.2, -0.15) is 4.74 Å². The summed E-state index contributed by atoms with van der Waals surface area (Å²) in [6.07, 6.45) is 7.91. The van der Waals surface area contributed by atoms with Crippen LogP contribution in [0.4, 0.5) is 0 Å². The van der Waals surface area contributed by atoms with E-state index in [1.54, 1.807) is 4.74 Å². The summed E-state index contributed by atoms with van der Waals surface area (Å²) in [5.41, 5.74) is 2.09. The zero-order valence-electron chi connectivity index (χ0n) is 18.2. The Kier molecular flexibility index (Phi) is 4.82. The molecule has 0 radical (unpaired) electrons. The van der Waals surface area contributed by atoms with E-state index in [1.165, 1.54) is 0 Å². The molecule has 1 aromatic heterocycles. The second kappa shape index (κ2) is 7.69. The van der Waals surface area contributed by atoms with Crippen molar-refractivity contribution >= 4 is 12.2 Å². The molecule has 1 aliphatic rings. The highest BCUT2D eigenvalue weighted by atomic mass is 16.5. The number of benzene rings is 3. The number of rotatable bonds is 4. The fourth-order valence-corrected chi connectivity index (χ4v) is 4.57. The molecule has 0 unspecified atom stereocenters. The van der Waals surface area contributed by atoms with Gasteiger partial charge in [-0.25, -0.2) is 0 Å². The molecule has 1 heterocycles. The maximum atomic E-state index is 14.0. The van der Waals surface area contributed by atoms with E-state index in [-0.39, 0.29) is 11.0 Å². The Morgan fingerprint density at radius 1 is 0.750 bits per heavy atom. The van der Waals surface area contributed by atoms with Gasteiger partial charge in [-0.3, -0.25) is 4.79 Å². The average Bonchev–Trinajstić information content (AvgIpc) is 3.02. The molecule has 0 spiro atoms. The fraction of sp³-hybridized carbons (Fsp3) is 0.138. The van der Waals surface area contributed by atoms with Gasteiger partial charge in [0.25, 0.3) is 5.56 Å². The molecule has 0 saturated heterocycles. The standard InChI is InChI=1S/C29H25NO2/c1-28(2)20-12-19-26-25(21-28)27(31)30(32-26)29(22-13-6-3-7-14-22,23-15-8-4-9-16-23)24-17-10-5-11-18-24/h3-21H,1-2H3. The molecular formula is C29H25NO2. The molecular weight excluding hydrogens is 394 g/mol. The van der Waals surface area contributed by atoms with Crippen molar-refractivity contribution in [3.63, 3.8) is 0 Å². The van der Waals surface area contributed by atoms with E-state index < -0.39 is 5.54 Å². The number of fused-ring (bicyclic) bond motifs is 1. The lowest BCUT2D eigenvalue weighted by Crippen LogP contribution is -2.46. The molecule has 0 aliphatic heterocycles. The summed E-state index contributed by atoms with van der Waals surface area (Å²) in [7, 11) is 0. The highest BCUT2D eigenvalue weighted by molar-refractivity contribution is 5.51. The van der Waals surface area contributed by atoms with Gasteiger partial charge in [-0.1, -0.05) is 123 Å². The van der Waals surface area contributed by atoms with Gasteiger partial charge in [-0.05, 0) is 22.8 Å². The van der Waals surface area contributed by atoms with Crippen molar-refractivity contribution in [3.05, 3.63) is 141 Å². The van der Waals surface area contributed by atoms with Gasteiger partial charge in [0.15, 0.2) is 11.0 Å². The molecule has 0 bridgehead atoms. The Morgan fingerprint density at radius 2 is 1.22 bits per heavy atom. The van der Waals surface area contributed by atoms with E-state index in [0.717, 1.165) is 16.7 Å². The third-order valence-corrected chi connectivity index (χ3v) is 6.04. The molecule has 0 amide bonds. The van der Waals surface area contributed by atoms with Gasteiger partial charge < -0.3 is 4.52 Å². The normalized spacial score (nSPS) is 14.7. The van der Waals surface area contributed by atoms with Crippen molar-refractivity contribution in [3.8, 4) is 0 Å². The van der Waals surface area contributed by atoms with Gasteiger partial charge in [0.1, 0.15) is 0 Å². The number of aromatic nitrogens is 1. The van der Waals surface area contributed by atoms with Gasteiger partial charge in [0, 0.05) is 5.41 Å². The molecule has 0 fully saturated rings. The average molecular weight is 420 g/mol. The highest BCUT2D eigenvalue weighted by Crippen LogP contribution is 2.39. The van der Waals surface area contributed by atoms with Crippen molar-refractivity contribution in [2.45, 2.75) is 19.4 Å². The largest absolute Gasteiger partial charge is 0.374 e. The van der Waals surface area contributed by atoms with Crippen LogP contribution in [0.15, 0.2) is 112 Å². The van der Waals surface area contributed by atoms with Crippen LogP contribution in [0.1, 0.15) is 30.5 Å². The number of nitrogens with zero attached hydrogens (tertiary/aromatic N) is 1. The van der Waals surface area contributed by atoms with Gasteiger partial charge in [0.05, 0.1) is 5.22 Å². The van der Waals surface area contributed by atoms with Gasteiger partial charge in [0.2, 0.25) is 0 Å². The van der Waals surface area contributed by atoms with E-state index in [2.05, 4.69) is 56.3 Å². The van der Waals surface area contributed by atoms with Crippen LogP contribution in [-0.4, -0.2) is 4.74 Å². The van der Waals surface area contributed by atoms with E-state index in [4.69, 9.17) is 4.52 Å². The van der Waals surface area contributed by atoms with Crippen LogP contribution in [0.25, 0.3) is 12.2 Å². The number of allylic oxidation sites excluding steroid dienone is 2. The van der Waals surface area contributed by atoms with Crippen LogP contribution in [-0.2, 0) is 5.54 Å². The maximum absolute atomic E-state index is 14.0. The predicted octanol–water partition coefficient (Wildman–Crippen LogP) is 4.44. The summed E-state index contributed by atoms with van der Waals surface area (Å²) >= 11 is 0. The molecule has 32 heavy (non-hydrogen) atoms. The summed E-state index contributed by atoms with van der Waals surface area (Å²) < 4.78 is 7.96. The minimum Gasteiger partial charge on any atom is -0.374 e. The first-order chi connectivity index (χ1) is 15.5. The zero-order chi connectivity index (χ0) is 22.2. The van der Waals surface area contributed by atoms with E-state index in [1.807, 2.05) is 72.8 Å².